The number of anilines is 2. The number of benzene rings is 2. The first-order chi connectivity index (χ1) is 28.2. The quantitative estimate of drug-likeness (QED) is 0.294. The molecule has 1 aromatic heterocycles. The third-order valence-electron chi connectivity index (χ3n) is 13.1. The summed E-state index contributed by atoms with van der Waals surface area (Å²) in [5, 5.41) is 23.8. The number of fused-ring (bicyclic) bond motifs is 3. The van der Waals surface area contributed by atoms with Gasteiger partial charge in [-0.3, -0.25) is 29.4 Å². The number of amides is 4. The van der Waals surface area contributed by atoms with Crippen molar-refractivity contribution in [2.75, 3.05) is 42.5 Å². The second-order valence-corrected chi connectivity index (χ2v) is 17.2. The highest BCUT2D eigenvalue weighted by atomic mass is 35.5. The molecule has 2 bridgehead atoms. The maximum Gasteiger partial charge on any atom is 0.272 e. The van der Waals surface area contributed by atoms with Crippen LogP contribution in [0.4, 0.5) is 11.5 Å². The van der Waals surface area contributed by atoms with Crippen LogP contribution in [0.2, 0.25) is 5.02 Å². The van der Waals surface area contributed by atoms with Crippen LogP contribution in [0.15, 0.2) is 48.5 Å². The molecule has 4 saturated heterocycles. The number of rotatable bonds is 9. The Morgan fingerprint density at radius 3 is 2.38 bits per heavy atom. The number of hydrogen-bond donors (Lipinski definition) is 2. The van der Waals surface area contributed by atoms with Crippen LogP contribution < -0.4 is 25.2 Å². The van der Waals surface area contributed by atoms with Gasteiger partial charge in [0.15, 0.2) is 11.5 Å². The van der Waals surface area contributed by atoms with Crippen LogP contribution in [0.1, 0.15) is 96.2 Å². The molecule has 5 aliphatic heterocycles. The lowest BCUT2D eigenvalue weighted by molar-refractivity contribution is -0.136. The van der Waals surface area contributed by atoms with Gasteiger partial charge in [-0.15, -0.1) is 10.2 Å². The number of likely N-dealkylation sites (tertiary alicyclic amines) is 1. The van der Waals surface area contributed by atoms with Crippen molar-refractivity contribution in [1.29, 1.82) is 5.26 Å². The molecule has 5 fully saturated rings. The number of hydrogen-bond acceptors (Lipinski definition) is 11. The number of piperidine rings is 2. The third kappa shape index (κ3) is 7.82. The van der Waals surface area contributed by atoms with E-state index < -0.39 is 6.04 Å². The first-order valence-electron chi connectivity index (χ1n) is 20.7. The average molecular weight is 806 g/mol. The second-order valence-electron chi connectivity index (χ2n) is 16.8. The first-order valence-corrected chi connectivity index (χ1v) is 21.1. The number of carbonyl (C=O) groups excluding carboxylic acids is 4. The Kier molecular flexibility index (Phi) is 10.7. The van der Waals surface area contributed by atoms with Gasteiger partial charge in [-0.05, 0) is 112 Å². The van der Waals surface area contributed by atoms with Crippen molar-refractivity contribution < 1.29 is 23.9 Å². The molecular weight excluding hydrogens is 758 g/mol. The molecular formula is C43H48ClN9O5. The Labute approximate surface area is 342 Å². The molecule has 14 nitrogen and oxygen atoms in total. The Hall–Kier alpha value is -5.26. The molecule has 2 aromatic carbocycles. The van der Waals surface area contributed by atoms with Gasteiger partial charge in [0.05, 0.1) is 16.7 Å². The summed E-state index contributed by atoms with van der Waals surface area (Å²) in [5.74, 6) is 1.06. The van der Waals surface area contributed by atoms with Gasteiger partial charge in [-0.2, -0.15) is 5.26 Å². The molecule has 15 heteroatoms. The van der Waals surface area contributed by atoms with E-state index in [4.69, 9.17) is 21.6 Å². The largest absolute Gasteiger partial charge is 0.490 e. The molecule has 58 heavy (non-hydrogen) atoms. The number of nitrogens with zero attached hydrogens (tertiary/aromatic N) is 7. The number of carbonyl (C=O) groups is 4. The van der Waals surface area contributed by atoms with E-state index in [-0.39, 0.29) is 42.2 Å². The number of halogens is 1. The minimum absolute atomic E-state index is 0.0286. The van der Waals surface area contributed by atoms with Crippen LogP contribution in [0.5, 0.6) is 5.75 Å². The minimum Gasteiger partial charge on any atom is -0.490 e. The van der Waals surface area contributed by atoms with E-state index in [1.54, 1.807) is 29.2 Å². The van der Waals surface area contributed by atoms with Crippen molar-refractivity contribution in [1.82, 2.24) is 30.6 Å². The Bertz CT molecular complexity index is 2110. The van der Waals surface area contributed by atoms with Crippen LogP contribution in [0.25, 0.3) is 0 Å². The first kappa shape index (κ1) is 38.3. The monoisotopic (exact) mass is 805 g/mol. The zero-order valence-electron chi connectivity index (χ0n) is 32.4. The summed E-state index contributed by atoms with van der Waals surface area (Å²) in [4.78, 5) is 59.6. The van der Waals surface area contributed by atoms with Crippen LogP contribution in [-0.2, 0) is 16.1 Å². The van der Waals surface area contributed by atoms with E-state index in [0.717, 1.165) is 101 Å². The van der Waals surface area contributed by atoms with E-state index in [2.05, 4.69) is 53.7 Å². The predicted octanol–water partition coefficient (Wildman–Crippen LogP) is 4.45. The topological polar surface area (TPSA) is 164 Å². The Morgan fingerprint density at radius 1 is 0.914 bits per heavy atom. The molecule has 9 rings (SSSR count). The van der Waals surface area contributed by atoms with Crippen molar-refractivity contribution >= 4 is 46.7 Å². The molecule has 0 radical (unpaired) electrons. The van der Waals surface area contributed by atoms with Gasteiger partial charge >= 0.3 is 0 Å². The number of piperazine rings is 1. The van der Waals surface area contributed by atoms with Crippen LogP contribution in [-0.4, -0.2) is 107 Å². The molecule has 2 N–H and O–H groups in total. The number of aromatic nitrogens is 2. The van der Waals surface area contributed by atoms with Crippen molar-refractivity contribution in [3.8, 4) is 11.8 Å². The molecule has 4 amide bonds. The highest BCUT2D eigenvalue weighted by Gasteiger charge is 2.43. The molecule has 6 aliphatic rings. The molecule has 0 spiro atoms. The molecule has 3 aromatic rings. The molecule has 1 aliphatic carbocycles. The molecule has 302 valence electrons. The van der Waals surface area contributed by atoms with Gasteiger partial charge in [0.2, 0.25) is 11.8 Å². The highest BCUT2D eigenvalue weighted by molar-refractivity contribution is 6.31. The van der Waals surface area contributed by atoms with Crippen molar-refractivity contribution in [2.24, 2.45) is 5.92 Å². The fourth-order valence-corrected chi connectivity index (χ4v) is 10.3. The van der Waals surface area contributed by atoms with E-state index in [1.165, 1.54) is 0 Å². The summed E-state index contributed by atoms with van der Waals surface area (Å²) in [5.41, 5.74) is 3.51. The lowest BCUT2D eigenvalue weighted by Crippen LogP contribution is -2.55. The van der Waals surface area contributed by atoms with Gasteiger partial charge in [0, 0.05) is 81.1 Å². The Balaban J connectivity index is 0.716. The average Bonchev–Trinajstić information content (AvgIpc) is 3.70. The van der Waals surface area contributed by atoms with E-state index in [0.29, 0.717) is 58.6 Å². The van der Waals surface area contributed by atoms with Crippen molar-refractivity contribution in [3.63, 3.8) is 0 Å². The van der Waals surface area contributed by atoms with Gasteiger partial charge < -0.3 is 24.8 Å². The van der Waals surface area contributed by atoms with Crippen molar-refractivity contribution in [3.05, 3.63) is 75.9 Å². The fourth-order valence-electron chi connectivity index (χ4n) is 10.0. The van der Waals surface area contributed by atoms with E-state index in [9.17, 15) is 19.2 Å². The van der Waals surface area contributed by atoms with Gasteiger partial charge in [-0.1, -0.05) is 11.6 Å². The minimum atomic E-state index is -0.603. The second kappa shape index (κ2) is 16.2. The van der Waals surface area contributed by atoms with Crippen LogP contribution in [0.3, 0.4) is 0 Å². The lowest BCUT2D eigenvalue weighted by Gasteiger charge is -2.44. The lowest BCUT2D eigenvalue weighted by atomic mass is 9.92. The summed E-state index contributed by atoms with van der Waals surface area (Å²) in [6.07, 6.45) is 8.29. The van der Waals surface area contributed by atoms with Crippen LogP contribution in [0, 0.1) is 17.2 Å². The van der Waals surface area contributed by atoms with Crippen molar-refractivity contribution in [2.45, 2.75) is 101 Å². The fraction of sp³-hybridized carbons (Fsp3) is 0.512. The number of imide groups is 1. The number of nitriles is 1. The third-order valence-corrected chi connectivity index (χ3v) is 13.4. The SMILES string of the molecule is N#Cc1ccc(O[C@H]2CC[C@H](NC(=O)c3ccc(N4CCC(CN5CC6CCC(C5)N6c5ccc6c(c5)CN(C5CCC(=O)NC5=O)C6=O)CC4)nn3)CC2)cc1Cl. The van der Waals surface area contributed by atoms with E-state index in [1.807, 2.05) is 12.1 Å². The zero-order chi connectivity index (χ0) is 39.9. The van der Waals surface area contributed by atoms with Crippen LogP contribution >= 0.6 is 11.6 Å². The maximum atomic E-state index is 13.3. The molecule has 1 saturated carbocycles. The Morgan fingerprint density at radius 2 is 1.69 bits per heavy atom. The maximum absolute atomic E-state index is 13.3. The van der Waals surface area contributed by atoms with Gasteiger partial charge in [-0.25, -0.2) is 0 Å². The summed E-state index contributed by atoms with van der Waals surface area (Å²) in [6.45, 7) is 5.33. The molecule has 3 unspecified atom stereocenters. The smallest absolute Gasteiger partial charge is 0.272 e. The van der Waals surface area contributed by atoms with Gasteiger partial charge in [0.1, 0.15) is 17.9 Å². The molecule has 3 atom stereocenters. The molecule has 6 heterocycles. The highest BCUT2D eigenvalue weighted by Crippen LogP contribution is 2.38. The summed E-state index contributed by atoms with van der Waals surface area (Å²) >= 11 is 6.16. The predicted molar refractivity (Wildman–Crippen MR) is 215 cm³/mol. The van der Waals surface area contributed by atoms with Gasteiger partial charge in [0.25, 0.3) is 11.8 Å². The summed E-state index contributed by atoms with van der Waals surface area (Å²) < 4.78 is 6.09. The zero-order valence-corrected chi connectivity index (χ0v) is 33.2. The van der Waals surface area contributed by atoms with E-state index >= 15 is 0 Å². The summed E-state index contributed by atoms with van der Waals surface area (Å²) in [7, 11) is 0. The summed E-state index contributed by atoms with van der Waals surface area (Å²) in [6, 6.07) is 17.3. The number of ether oxygens (including phenoxy) is 1. The normalized spacial score (nSPS) is 26.3. The standard InChI is InChI=1S/C43H48ClN9O5/c44-36-20-34(7-1-27(36)21-45)58-33-8-2-29(3-9-33)46-41(55)37-11-13-39(49-48-37)51-17-15-26(16-18-51)22-50-24-31-4-5-32(25-50)53(31)30-6-10-35-28(19-30)23-52(43(35)57)38-12-14-40(54)47-42(38)56/h1,6-7,10-11,13,19-20,26,29,31-33,38H,2-5,8-9,12,14-18,22-25H2,(H,46,55)(H,47,54,56)/t29-,31?,32?,33-,38?. The number of nitrogens with one attached hydrogen (secondary N) is 2.